The number of anilines is 1. The molecule has 4 rings (SSSR count). The minimum atomic E-state index is -0.377. The van der Waals surface area contributed by atoms with Gasteiger partial charge in [0.25, 0.3) is 0 Å². The van der Waals surface area contributed by atoms with E-state index in [1.165, 1.54) is 12.1 Å². The maximum absolute atomic E-state index is 13.3. The van der Waals surface area contributed by atoms with Crippen LogP contribution in [0.25, 0.3) is 0 Å². The largest absolute Gasteiger partial charge is 0.497 e. The summed E-state index contributed by atoms with van der Waals surface area (Å²) in [6.45, 7) is 0.197. The lowest BCUT2D eigenvalue weighted by molar-refractivity contribution is 0.174. The minimum Gasteiger partial charge on any atom is -0.497 e. The zero-order valence-electron chi connectivity index (χ0n) is 18.4. The Morgan fingerprint density at radius 2 is 1.55 bits per heavy atom. The van der Waals surface area contributed by atoms with Crippen molar-refractivity contribution in [1.29, 1.82) is 0 Å². The van der Waals surface area contributed by atoms with Crippen molar-refractivity contribution in [1.82, 2.24) is 5.32 Å². The number of nitrogens with one attached hydrogen (secondary N) is 2. The summed E-state index contributed by atoms with van der Waals surface area (Å²) in [6.07, 6.45) is 1.06. The number of methoxy groups -OCH3 is 2. The number of halogens is 1. The second-order valence-corrected chi connectivity index (χ2v) is 7.62. The fraction of sp³-hybridized carbons (Fsp3) is 0.240. The SMILES string of the molecule is COc1cc(NC(=O)NC(Cc2ccc(F)cc2)Cc2ccc3c(c2)OCO3)cc(OC)c1. The van der Waals surface area contributed by atoms with Crippen molar-refractivity contribution in [2.75, 3.05) is 26.3 Å². The van der Waals surface area contributed by atoms with E-state index in [0.717, 1.165) is 11.1 Å². The van der Waals surface area contributed by atoms with Crippen LogP contribution in [0, 0.1) is 5.82 Å². The number of carbonyl (C=O) groups is 1. The molecule has 0 saturated heterocycles. The Morgan fingerprint density at radius 1 is 0.909 bits per heavy atom. The molecule has 0 aromatic heterocycles. The average molecular weight is 452 g/mol. The highest BCUT2D eigenvalue weighted by molar-refractivity contribution is 5.90. The molecule has 0 radical (unpaired) electrons. The number of benzene rings is 3. The van der Waals surface area contributed by atoms with Gasteiger partial charge in [0, 0.05) is 29.9 Å². The van der Waals surface area contributed by atoms with Crippen molar-refractivity contribution in [3.63, 3.8) is 0 Å². The van der Waals surface area contributed by atoms with Crippen LogP contribution in [0.4, 0.5) is 14.9 Å². The highest BCUT2D eigenvalue weighted by Crippen LogP contribution is 2.33. The van der Waals surface area contributed by atoms with Crippen molar-refractivity contribution in [2.24, 2.45) is 0 Å². The lowest BCUT2D eigenvalue weighted by atomic mass is 9.98. The van der Waals surface area contributed by atoms with Gasteiger partial charge in [0.2, 0.25) is 6.79 Å². The third-order valence-electron chi connectivity index (χ3n) is 5.26. The van der Waals surface area contributed by atoms with Crippen molar-refractivity contribution < 1.29 is 28.1 Å². The molecular weight excluding hydrogens is 427 g/mol. The zero-order valence-corrected chi connectivity index (χ0v) is 18.4. The monoisotopic (exact) mass is 452 g/mol. The number of ether oxygens (including phenoxy) is 4. The maximum Gasteiger partial charge on any atom is 0.319 e. The van der Waals surface area contributed by atoms with Gasteiger partial charge in [-0.15, -0.1) is 0 Å². The van der Waals surface area contributed by atoms with Gasteiger partial charge in [0.15, 0.2) is 11.5 Å². The van der Waals surface area contributed by atoms with Crippen LogP contribution < -0.4 is 29.6 Å². The van der Waals surface area contributed by atoms with Crippen molar-refractivity contribution >= 4 is 11.7 Å². The number of rotatable bonds is 8. The normalized spacial score (nSPS) is 12.7. The van der Waals surface area contributed by atoms with Crippen LogP contribution in [-0.4, -0.2) is 33.1 Å². The molecule has 8 heteroatoms. The third-order valence-corrected chi connectivity index (χ3v) is 5.26. The topological polar surface area (TPSA) is 78.1 Å². The van der Waals surface area contributed by atoms with Crippen molar-refractivity contribution in [2.45, 2.75) is 18.9 Å². The molecule has 7 nitrogen and oxygen atoms in total. The van der Waals surface area contributed by atoms with E-state index in [0.29, 0.717) is 41.5 Å². The first kappa shape index (κ1) is 22.3. The van der Waals surface area contributed by atoms with Crippen LogP contribution >= 0.6 is 0 Å². The first-order valence-electron chi connectivity index (χ1n) is 10.5. The molecule has 0 saturated carbocycles. The van der Waals surface area contributed by atoms with Gasteiger partial charge < -0.3 is 29.6 Å². The lowest BCUT2D eigenvalue weighted by Gasteiger charge is -2.20. The van der Waals surface area contributed by atoms with Gasteiger partial charge in [-0.1, -0.05) is 18.2 Å². The molecule has 1 atom stereocenters. The molecule has 1 aliphatic heterocycles. The summed E-state index contributed by atoms with van der Waals surface area (Å²) in [6, 6.07) is 16.5. The van der Waals surface area contributed by atoms with Gasteiger partial charge in [0.1, 0.15) is 17.3 Å². The molecule has 0 aliphatic carbocycles. The molecule has 3 aromatic carbocycles. The highest BCUT2D eigenvalue weighted by atomic mass is 19.1. The summed E-state index contributed by atoms with van der Waals surface area (Å²) in [5.74, 6) is 2.21. The standard InChI is InChI=1S/C25H25FN2O5/c1-30-21-12-20(13-22(14-21)31-2)28-25(29)27-19(9-16-3-6-18(26)7-4-16)10-17-5-8-23-24(11-17)33-15-32-23/h3-8,11-14,19H,9-10,15H2,1-2H3,(H2,27,28,29). The molecule has 1 unspecified atom stereocenters. The summed E-state index contributed by atoms with van der Waals surface area (Å²) in [4.78, 5) is 12.8. The van der Waals surface area contributed by atoms with Crippen LogP contribution in [0.5, 0.6) is 23.0 Å². The minimum absolute atomic E-state index is 0.197. The van der Waals surface area contributed by atoms with Crippen LogP contribution in [-0.2, 0) is 12.8 Å². The quantitative estimate of drug-likeness (QED) is 0.525. The first-order valence-corrected chi connectivity index (χ1v) is 10.5. The number of amides is 2. The van der Waals surface area contributed by atoms with E-state index in [2.05, 4.69) is 10.6 Å². The van der Waals surface area contributed by atoms with Gasteiger partial charge in [-0.25, -0.2) is 9.18 Å². The third kappa shape index (κ3) is 5.85. The average Bonchev–Trinajstić information content (AvgIpc) is 3.28. The zero-order chi connectivity index (χ0) is 23.2. The van der Waals surface area contributed by atoms with E-state index in [9.17, 15) is 9.18 Å². The van der Waals surface area contributed by atoms with E-state index in [1.807, 2.05) is 18.2 Å². The highest BCUT2D eigenvalue weighted by Gasteiger charge is 2.18. The molecule has 172 valence electrons. The van der Waals surface area contributed by atoms with Crippen LogP contribution in [0.3, 0.4) is 0 Å². The molecule has 33 heavy (non-hydrogen) atoms. The van der Waals surface area contributed by atoms with Gasteiger partial charge >= 0.3 is 6.03 Å². The fourth-order valence-corrected chi connectivity index (χ4v) is 3.66. The van der Waals surface area contributed by atoms with Gasteiger partial charge in [-0.3, -0.25) is 0 Å². The molecule has 0 fully saturated rings. The Hall–Kier alpha value is -3.94. The van der Waals surface area contributed by atoms with Crippen molar-refractivity contribution in [3.05, 3.63) is 77.6 Å². The summed E-state index contributed by atoms with van der Waals surface area (Å²) >= 11 is 0. The Kier molecular flexibility index (Phi) is 6.83. The number of fused-ring (bicyclic) bond motifs is 1. The Bertz CT molecular complexity index is 1100. The van der Waals surface area contributed by atoms with Crippen LogP contribution in [0.2, 0.25) is 0 Å². The maximum atomic E-state index is 13.3. The van der Waals surface area contributed by atoms with Crippen LogP contribution in [0.15, 0.2) is 60.7 Å². The van der Waals surface area contributed by atoms with E-state index in [4.69, 9.17) is 18.9 Å². The van der Waals surface area contributed by atoms with Crippen LogP contribution in [0.1, 0.15) is 11.1 Å². The summed E-state index contributed by atoms with van der Waals surface area (Å²) in [7, 11) is 3.09. The summed E-state index contributed by atoms with van der Waals surface area (Å²) < 4.78 is 34.7. The van der Waals surface area contributed by atoms with E-state index in [1.54, 1.807) is 44.6 Å². The van der Waals surface area contributed by atoms with Gasteiger partial charge in [0.05, 0.1) is 14.2 Å². The molecule has 0 spiro atoms. The van der Waals surface area contributed by atoms with Crippen molar-refractivity contribution in [3.8, 4) is 23.0 Å². The second kappa shape index (κ2) is 10.1. The fourth-order valence-electron chi connectivity index (χ4n) is 3.66. The molecule has 2 amide bonds. The molecule has 1 aliphatic rings. The second-order valence-electron chi connectivity index (χ2n) is 7.62. The molecule has 2 N–H and O–H groups in total. The predicted octanol–water partition coefficient (Wildman–Crippen LogP) is 4.55. The van der Waals surface area contributed by atoms with Gasteiger partial charge in [-0.05, 0) is 48.2 Å². The summed E-state index contributed by atoms with van der Waals surface area (Å²) in [5, 5.41) is 5.85. The van der Waals surface area contributed by atoms with E-state index in [-0.39, 0.29) is 24.7 Å². The number of carbonyl (C=O) groups excluding carboxylic acids is 1. The van der Waals surface area contributed by atoms with Gasteiger partial charge in [-0.2, -0.15) is 0 Å². The molecule has 0 bridgehead atoms. The number of hydrogen-bond donors (Lipinski definition) is 2. The molecule has 3 aromatic rings. The van der Waals surface area contributed by atoms with E-state index < -0.39 is 0 Å². The number of urea groups is 1. The summed E-state index contributed by atoms with van der Waals surface area (Å²) in [5.41, 5.74) is 2.42. The molecular formula is C25H25FN2O5. The smallest absolute Gasteiger partial charge is 0.319 e. The number of hydrogen-bond acceptors (Lipinski definition) is 5. The Balaban J connectivity index is 1.50. The first-order chi connectivity index (χ1) is 16.0. The predicted molar refractivity (Wildman–Crippen MR) is 122 cm³/mol. The Morgan fingerprint density at radius 3 is 2.24 bits per heavy atom. The molecule has 1 heterocycles. The Labute approximate surface area is 191 Å². The lowest BCUT2D eigenvalue weighted by Crippen LogP contribution is -2.40. The van der Waals surface area contributed by atoms with E-state index >= 15 is 0 Å².